The Morgan fingerprint density at radius 1 is 0.966 bits per heavy atom. The topological polar surface area (TPSA) is 54.5 Å². The van der Waals surface area contributed by atoms with Crippen molar-refractivity contribution in [3.8, 4) is 17.2 Å². The molecule has 0 bridgehead atoms. The minimum atomic E-state index is 0.284. The number of piperazine rings is 1. The van der Waals surface area contributed by atoms with Gasteiger partial charge in [-0.05, 0) is 24.8 Å². The Balaban J connectivity index is 1.53. The first kappa shape index (κ1) is 21.7. The van der Waals surface area contributed by atoms with Crippen molar-refractivity contribution in [3.63, 3.8) is 0 Å². The second-order valence-electron chi connectivity index (χ2n) is 8.13. The second kappa shape index (κ2) is 10.2. The molecular formula is C22H35N3O4. The summed E-state index contributed by atoms with van der Waals surface area (Å²) < 4.78 is 16.5. The molecule has 1 atom stereocenters. The molecule has 7 nitrogen and oxygen atoms in total. The number of nitrogens with zero attached hydrogens (tertiary/aromatic N) is 3. The lowest BCUT2D eigenvalue weighted by Crippen LogP contribution is -2.50. The Labute approximate surface area is 174 Å². The molecule has 0 saturated carbocycles. The minimum Gasteiger partial charge on any atom is -0.493 e. The number of rotatable bonds is 7. The molecule has 1 aromatic carbocycles. The van der Waals surface area contributed by atoms with Crippen molar-refractivity contribution in [1.82, 2.24) is 14.7 Å². The molecule has 1 amide bonds. The number of methoxy groups -OCH3 is 3. The van der Waals surface area contributed by atoms with Crippen molar-refractivity contribution < 1.29 is 19.0 Å². The molecule has 2 aliphatic heterocycles. The van der Waals surface area contributed by atoms with Crippen LogP contribution in [0.15, 0.2) is 12.1 Å². The third-order valence-electron chi connectivity index (χ3n) is 6.01. The Kier molecular flexibility index (Phi) is 7.61. The van der Waals surface area contributed by atoms with Gasteiger partial charge in [-0.3, -0.25) is 14.6 Å². The summed E-state index contributed by atoms with van der Waals surface area (Å²) in [6.45, 7) is 9.08. The summed E-state index contributed by atoms with van der Waals surface area (Å²) in [7, 11) is 4.91. The number of hydrogen-bond donors (Lipinski definition) is 0. The minimum absolute atomic E-state index is 0.284. The average molecular weight is 406 g/mol. The number of hydrogen-bond acceptors (Lipinski definition) is 6. The lowest BCUT2D eigenvalue weighted by atomic mass is 10.0. The average Bonchev–Trinajstić information content (AvgIpc) is 2.74. The lowest BCUT2D eigenvalue weighted by Gasteiger charge is -2.37. The maximum atomic E-state index is 12.6. The standard InChI is InChI=1S/C22H35N3O4/c1-17-6-5-9-25(14-17)20(26)16-24-12-10-23(11-13-24)15-18-7-8-19(27-2)22(29-4)21(18)28-3/h7-8,17H,5-6,9-16H2,1-4H3/t17-/m0/s1. The van der Waals surface area contributed by atoms with Gasteiger partial charge in [-0.25, -0.2) is 0 Å². The van der Waals surface area contributed by atoms with E-state index in [1.54, 1.807) is 21.3 Å². The van der Waals surface area contributed by atoms with Crippen molar-refractivity contribution in [3.05, 3.63) is 17.7 Å². The first-order valence-corrected chi connectivity index (χ1v) is 10.6. The highest BCUT2D eigenvalue weighted by Gasteiger charge is 2.25. The molecule has 0 spiro atoms. The number of ether oxygens (including phenoxy) is 3. The summed E-state index contributed by atoms with van der Waals surface area (Å²) in [5.41, 5.74) is 1.08. The van der Waals surface area contributed by atoms with Gasteiger partial charge in [0.2, 0.25) is 11.7 Å². The van der Waals surface area contributed by atoms with Gasteiger partial charge in [0.1, 0.15) is 0 Å². The fourth-order valence-corrected chi connectivity index (χ4v) is 4.34. The Bertz CT molecular complexity index is 689. The van der Waals surface area contributed by atoms with Gasteiger partial charge >= 0.3 is 0 Å². The van der Waals surface area contributed by atoms with Crippen LogP contribution in [0.5, 0.6) is 17.2 Å². The monoisotopic (exact) mass is 405 g/mol. The molecule has 2 fully saturated rings. The molecule has 1 aromatic rings. The highest BCUT2D eigenvalue weighted by molar-refractivity contribution is 5.78. The van der Waals surface area contributed by atoms with Crippen molar-refractivity contribution >= 4 is 5.91 Å². The van der Waals surface area contributed by atoms with Crippen LogP contribution in [0.4, 0.5) is 0 Å². The van der Waals surface area contributed by atoms with Crippen LogP contribution in [0, 0.1) is 5.92 Å². The van der Waals surface area contributed by atoms with Gasteiger partial charge < -0.3 is 19.1 Å². The van der Waals surface area contributed by atoms with Crippen LogP contribution in [-0.2, 0) is 11.3 Å². The van der Waals surface area contributed by atoms with Crippen LogP contribution in [0.1, 0.15) is 25.3 Å². The van der Waals surface area contributed by atoms with Crippen LogP contribution < -0.4 is 14.2 Å². The van der Waals surface area contributed by atoms with E-state index < -0.39 is 0 Å². The molecule has 3 rings (SSSR count). The highest BCUT2D eigenvalue weighted by Crippen LogP contribution is 2.40. The summed E-state index contributed by atoms with van der Waals surface area (Å²) in [5, 5.41) is 0. The maximum absolute atomic E-state index is 12.6. The van der Waals surface area contributed by atoms with Crippen molar-refractivity contribution in [2.24, 2.45) is 5.92 Å². The number of carbonyl (C=O) groups excluding carboxylic acids is 1. The van der Waals surface area contributed by atoms with Crippen molar-refractivity contribution in [2.75, 3.05) is 67.1 Å². The molecule has 7 heteroatoms. The fourth-order valence-electron chi connectivity index (χ4n) is 4.34. The molecule has 162 valence electrons. The fraction of sp³-hybridized carbons (Fsp3) is 0.682. The highest BCUT2D eigenvalue weighted by atomic mass is 16.5. The number of amides is 1. The van der Waals surface area contributed by atoms with Crippen LogP contribution in [0.3, 0.4) is 0 Å². The summed E-state index contributed by atoms with van der Waals surface area (Å²) in [6.07, 6.45) is 2.37. The normalized spacial score (nSPS) is 21.1. The van der Waals surface area contributed by atoms with Crippen LogP contribution >= 0.6 is 0 Å². The van der Waals surface area contributed by atoms with E-state index in [0.717, 1.165) is 63.5 Å². The van der Waals surface area contributed by atoms with Gasteiger partial charge in [-0.2, -0.15) is 0 Å². The van der Waals surface area contributed by atoms with E-state index in [0.29, 0.717) is 24.0 Å². The zero-order valence-corrected chi connectivity index (χ0v) is 18.3. The predicted octanol–water partition coefficient (Wildman–Crippen LogP) is 2.09. The molecule has 0 aliphatic carbocycles. The predicted molar refractivity (Wildman–Crippen MR) is 113 cm³/mol. The molecule has 2 heterocycles. The first-order valence-electron chi connectivity index (χ1n) is 10.6. The smallest absolute Gasteiger partial charge is 0.236 e. The molecule has 29 heavy (non-hydrogen) atoms. The summed E-state index contributed by atoms with van der Waals surface area (Å²) in [5.74, 6) is 2.94. The quantitative estimate of drug-likeness (QED) is 0.692. The van der Waals surface area contributed by atoms with E-state index in [1.807, 2.05) is 12.1 Å². The number of piperidine rings is 1. The molecule has 0 N–H and O–H groups in total. The van der Waals surface area contributed by atoms with Gasteiger partial charge in [0, 0.05) is 51.4 Å². The SMILES string of the molecule is COc1ccc(CN2CCN(CC(=O)N3CCC[C@H](C)C3)CC2)c(OC)c1OC. The lowest BCUT2D eigenvalue weighted by molar-refractivity contribution is -0.134. The van der Waals surface area contributed by atoms with Gasteiger partial charge in [-0.1, -0.05) is 13.0 Å². The Hall–Kier alpha value is -1.99. The Morgan fingerprint density at radius 2 is 1.66 bits per heavy atom. The molecule has 0 radical (unpaired) electrons. The zero-order valence-electron chi connectivity index (χ0n) is 18.3. The van der Waals surface area contributed by atoms with Gasteiger partial charge in [-0.15, -0.1) is 0 Å². The molecule has 2 aliphatic rings. The van der Waals surface area contributed by atoms with E-state index in [9.17, 15) is 4.79 Å². The largest absolute Gasteiger partial charge is 0.493 e. The number of carbonyl (C=O) groups is 1. The molecule has 0 unspecified atom stereocenters. The van der Waals surface area contributed by atoms with E-state index in [2.05, 4.69) is 21.6 Å². The third-order valence-corrected chi connectivity index (χ3v) is 6.01. The van der Waals surface area contributed by atoms with Crippen LogP contribution in [0.25, 0.3) is 0 Å². The van der Waals surface area contributed by atoms with Crippen molar-refractivity contribution in [1.29, 1.82) is 0 Å². The molecule has 2 saturated heterocycles. The zero-order chi connectivity index (χ0) is 20.8. The first-order chi connectivity index (χ1) is 14.0. The van der Waals surface area contributed by atoms with E-state index >= 15 is 0 Å². The van der Waals surface area contributed by atoms with E-state index in [1.165, 1.54) is 6.42 Å². The van der Waals surface area contributed by atoms with Crippen molar-refractivity contribution in [2.45, 2.75) is 26.3 Å². The number of benzene rings is 1. The third kappa shape index (κ3) is 5.34. The second-order valence-corrected chi connectivity index (χ2v) is 8.13. The van der Waals surface area contributed by atoms with Crippen LogP contribution in [-0.4, -0.2) is 87.7 Å². The number of likely N-dealkylation sites (tertiary alicyclic amines) is 1. The van der Waals surface area contributed by atoms with Gasteiger partial charge in [0.25, 0.3) is 0 Å². The maximum Gasteiger partial charge on any atom is 0.236 e. The summed E-state index contributed by atoms with van der Waals surface area (Å²) in [4.78, 5) is 19.4. The van der Waals surface area contributed by atoms with Crippen LogP contribution in [0.2, 0.25) is 0 Å². The van der Waals surface area contributed by atoms with Gasteiger partial charge in [0.15, 0.2) is 11.5 Å². The molecular weight excluding hydrogens is 370 g/mol. The van der Waals surface area contributed by atoms with E-state index in [-0.39, 0.29) is 5.91 Å². The summed E-state index contributed by atoms with van der Waals surface area (Å²) >= 11 is 0. The van der Waals surface area contributed by atoms with Gasteiger partial charge in [0.05, 0.1) is 27.9 Å². The molecule has 0 aromatic heterocycles. The Morgan fingerprint density at radius 3 is 2.28 bits per heavy atom. The van der Waals surface area contributed by atoms with E-state index in [4.69, 9.17) is 14.2 Å². The summed E-state index contributed by atoms with van der Waals surface area (Å²) in [6, 6.07) is 3.96.